The first-order valence-electron chi connectivity index (χ1n) is 8.10. The number of hydrogen-bond acceptors (Lipinski definition) is 3. The number of hydrogen-bond donors (Lipinski definition) is 2. The zero-order valence-electron chi connectivity index (χ0n) is 14.3. The number of benzene rings is 2. The first kappa shape index (κ1) is 18.4. The second kappa shape index (κ2) is 7.49. The molecule has 138 valence electrons. The molecule has 0 fully saturated rings. The maximum atomic E-state index is 12.8. The number of pyridine rings is 1. The Kier molecular flexibility index (Phi) is 5.12. The molecule has 0 saturated heterocycles. The average Bonchev–Trinajstić information content (AvgIpc) is 2.63. The van der Waals surface area contributed by atoms with Crippen molar-refractivity contribution in [2.24, 2.45) is 0 Å². The standard InChI is InChI=1S/C20H16F3N3O/c1-13-5-2-3-8-17(13)26-19(27)14-9-10-24-18(11-14)25-16-7-4-6-15(12-16)20(21,22)23/h2-12H,1H3,(H,24,25)(H,26,27). The minimum atomic E-state index is -4.43. The van der Waals surface area contributed by atoms with Crippen LogP contribution in [-0.4, -0.2) is 10.9 Å². The van der Waals surface area contributed by atoms with E-state index in [1.165, 1.54) is 30.5 Å². The summed E-state index contributed by atoms with van der Waals surface area (Å²) in [4.78, 5) is 16.5. The number of anilines is 3. The summed E-state index contributed by atoms with van der Waals surface area (Å²) in [6.07, 6.45) is -3.01. The topological polar surface area (TPSA) is 54.0 Å². The van der Waals surface area contributed by atoms with E-state index in [0.29, 0.717) is 11.3 Å². The molecule has 4 nitrogen and oxygen atoms in total. The molecule has 2 aromatic carbocycles. The molecule has 1 aromatic heterocycles. The van der Waals surface area contributed by atoms with Gasteiger partial charge in [0.2, 0.25) is 0 Å². The van der Waals surface area contributed by atoms with Crippen LogP contribution in [0.2, 0.25) is 0 Å². The lowest BCUT2D eigenvalue weighted by Crippen LogP contribution is -2.13. The van der Waals surface area contributed by atoms with Gasteiger partial charge in [-0.05, 0) is 48.9 Å². The van der Waals surface area contributed by atoms with Gasteiger partial charge in [0, 0.05) is 23.1 Å². The largest absolute Gasteiger partial charge is 0.416 e. The molecule has 0 aliphatic carbocycles. The number of alkyl halides is 3. The number of amides is 1. The van der Waals surface area contributed by atoms with Gasteiger partial charge in [0.1, 0.15) is 5.82 Å². The second-order valence-electron chi connectivity index (χ2n) is 5.90. The van der Waals surface area contributed by atoms with Crippen LogP contribution in [0.3, 0.4) is 0 Å². The normalized spacial score (nSPS) is 11.1. The number of aryl methyl sites for hydroxylation is 1. The fourth-order valence-corrected chi connectivity index (χ4v) is 2.47. The Hall–Kier alpha value is -3.35. The molecular formula is C20H16F3N3O. The van der Waals surface area contributed by atoms with Crippen molar-refractivity contribution in [3.05, 3.63) is 83.6 Å². The van der Waals surface area contributed by atoms with Crippen LogP contribution in [0, 0.1) is 6.92 Å². The number of rotatable bonds is 4. The third-order valence-electron chi connectivity index (χ3n) is 3.88. The zero-order chi connectivity index (χ0) is 19.4. The van der Waals surface area contributed by atoms with Crippen molar-refractivity contribution in [2.75, 3.05) is 10.6 Å². The highest BCUT2D eigenvalue weighted by molar-refractivity contribution is 6.05. The summed E-state index contributed by atoms with van der Waals surface area (Å²) >= 11 is 0. The minimum Gasteiger partial charge on any atom is -0.340 e. The summed E-state index contributed by atoms with van der Waals surface area (Å²) in [6.45, 7) is 1.88. The summed E-state index contributed by atoms with van der Waals surface area (Å²) in [5.41, 5.74) is 1.41. The number of nitrogens with one attached hydrogen (secondary N) is 2. The number of aromatic nitrogens is 1. The van der Waals surface area contributed by atoms with Crippen LogP contribution in [-0.2, 0) is 6.18 Å². The van der Waals surface area contributed by atoms with E-state index in [9.17, 15) is 18.0 Å². The number of nitrogens with zero attached hydrogens (tertiary/aromatic N) is 1. The highest BCUT2D eigenvalue weighted by Gasteiger charge is 2.30. The molecule has 2 N–H and O–H groups in total. The van der Waals surface area contributed by atoms with E-state index in [4.69, 9.17) is 0 Å². The fourth-order valence-electron chi connectivity index (χ4n) is 2.47. The predicted octanol–water partition coefficient (Wildman–Crippen LogP) is 5.40. The molecule has 1 amide bonds. The predicted molar refractivity (Wildman–Crippen MR) is 98.1 cm³/mol. The van der Waals surface area contributed by atoms with Gasteiger partial charge in [-0.1, -0.05) is 24.3 Å². The highest BCUT2D eigenvalue weighted by atomic mass is 19.4. The van der Waals surface area contributed by atoms with Gasteiger partial charge >= 0.3 is 6.18 Å². The molecule has 0 aliphatic heterocycles. The fraction of sp³-hybridized carbons (Fsp3) is 0.100. The van der Waals surface area contributed by atoms with E-state index < -0.39 is 11.7 Å². The minimum absolute atomic E-state index is 0.230. The molecule has 0 saturated carbocycles. The van der Waals surface area contributed by atoms with Gasteiger partial charge < -0.3 is 10.6 Å². The van der Waals surface area contributed by atoms with Gasteiger partial charge in [-0.15, -0.1) is 0 Å². The van der Waals surface area contributed by atoms with E-state index in [2.05, 4.69) is 15.6 Å². The van der Waals surface area contributed by atoms with Gasteiger partial charge in [-0.25, -0.2) is 4.98 Å². The van der Waals surface area contributed by atoms with Crippen molar-refractivity contribution in [3.8, 4) is 0 Å². The highest BCUT2D eigenvalue weighted by Crippen LogP contribution is 2.31. The summed E-state index contributed by atoms with van der Waals surface area (Å²) < 4.78 is 38.5. The van der Waals surface area contributed by atoms with Crippen LogP contribution in [0.1, 0.15) is 21.5 Å². The Morgan fingerprint density at radius 3 is 2.52 bits per heavy atom. The molecule has 3 aromatic rings. The van der Waals surface area contributed by atoms with Crippen LogP contribution in [0.5, 0.6) is 0 Å². The van der Waals surface area contributed by atoms with Crippen LogP contribution >= 0.6 is 0 Å². The van der Waals surface area contributed by atoms with Crippen molar-refractivity contribution in [1.29, 1.82) is 0 Å². The summed E-state index contributed by atoms with van der Waals surface area (Å²) in [7, 11) is 0. The van der Waals surface area contributed by atoms with Gasteiger partial charge in [-0.2, -0.15) is 13.2 Å². The lowest BCUT2D eigenvalue weighted by Gasteiger charge is -2.11. The third kappa shape index (κ3) is 4.63. The quantitative estimate of drug-likeness (QED) is 0.645. The van der Waals surface area contributed by atoms with E-state index in [-0.39, 0.29) is 17.4 Å². The molecular weight excluding hydrogens is 355 g/mol. The Bertz CT molecular complexity index is 970. The molecule has 1 heterocycles. The molecule has 3 rings (SSSR count). The molecule has 0 bridgehead atoms. The van der Waals surface area contributed by atoms with Crippen molar-refractivity contribution >= 4 is 23.1 Å². The van der Waals surface area contributed by atoms with Crippen molar-refractivity contribution in [2.45, 2.75) is 13.1 Å². The van der Waals surface area contributed by atoms with Crippen LogP contribution in [0.15, 0.2) is 66.9 Å². The zero-order valence-corrected chi connectivity index (χ0v) is 14.3. The summed E-state index contributed by atoms with van der Waals surface area (Å²) in [6, 6.07) is 15.1. The third-order valence-corrected chi connectivity index (χ3v) is 3.88. The average molecular weight is 371 g/mol. The van der Waals surface area contributed by atoms with Gasteiger partial charge in [0.15, 0.2) is 0 Å². The first-order valence-corrected chi connectivity index (χ1v) is 8.10. The van der Waals surface area contributed by atoms with Gasteiger partial charge in [0.25, 0.3) is 5.91 Å². The van der Waals surface area contributed by atoms with Gasteiger partial charge in [-0.3, -0.25) is 4.79 Å². The maximum Gasteiger partial charge on any atom is 0.416 e. The molecule has 0 unspecified atom stereocenters. The van der Waals surface area contributed by atoms with Crippen molar-refractivity contribution in [1.82, 2.24) is 4.98 Å². The number of para-hydroxylation sites is 1. The van der Waals surface area contributed by atoms with E-state index in [1.807, 2.05) is 25.1 Å². The van der Waals surface area contributed by atoms with E-state index >= 15 is 0 Å². The molecule has 0 spiro atoms. The Morgan fingerprint density at radius 1 is 1.00 bits per heavy atom. The molecule has 27 heavy (non-hydrogen) atoms. The Morgan fingerprint density at radius 2 is 1.78 bits per heavy atom. The van der Waals surface area contributed by atoms with Crippen LogP contribution < -0.4 is 10.6 Å². The lowest BCUT2D eigenvalue weighted by atomic mass is 10.1. The smallest absolute Gasteiger partial charge is 0.340 e. The SMILES string of the molecule is Cc1ccccc1NC(=O)c1ccnc(Nc2cccc(C(F)(F)F)c2)c1. The summed E-state index contributed by atoms with van der Waals surface area (Å²) in [5.74, 6) is -0.0643. The first-order chi connectivity index (χ1) is 12.8. The second-order valence-corrected chi connectivity index (χ2v) is 5.90. The van der Waals surface area contributed by atoms with E-state index in [1.54, 1.807) is 6.07 Å². The van der Waals surface area contributed by atoms with Crippen LogP contribution in [0.4, 0.5) is 30.4 Å². The number of halogens is 3. The van der Waals surface area contributed by atoms with E-state index in [0.717, 1.165) is 17.7 Å². The Labute approximate surface area is 154 Å². The monoisotopic (exact) mass is 371 g/mol. The molecule has 0 aliphatic rings. The van der Waals surface area contributed by atoms with Crippen molar-refractivity contribution in [3.63, 3.8) is 0 Å². The molecule has 0 radical (unpaired) electrons. The van der Waals surface area contributed by atoms with Gasteiger partial charge in [0.05, 0.1) is 5.56 Å². The number of carbonyl (C=O) groups is 1. The summed E-state index contributed by atoms with van der Waals surface area (Å²) in [5, 5.41) is 5.60. The van der Waals surface area contributed by atoms with Crippen molar-refractivity contribution < 1.29 is 18.0 Å². The molecule has 0 atom stereocenters. The number of carbonyl (C=O) groups excluding carboxylic acids is 1. The maximum absolute atomic E-state index is 12.8. The van der Waals surface area contributed by atoms with Crippen LogP contribution in [0.25, 0.3) is 0 Å². The Balaban J connectivity index is 1.78. The molecule has 7 heteroatoms. The lowest BCUT2D eigenvalue weighted by molar-refractivity contribution is -0.137.